The van der Waals surface area contributed by atoms with Crippen molar-refractivity contribution in [2.75, 3.05) is 26.4 Å². The number of halogens is 2. The summed E-state index contributed by atoms with van der Waals surface area (Å²) in [4.78, 5) is 25.6. The zero-order valence-electron chi connectivity index (χ0n) is 18.3. The van der Waals surface area contributed by atoms with Gasteiger partial charge in [0.05, 0.1) is 12.8 Å². The molecule has 4 heterocycles. The summed E-state index contributed by atoms with van der Waals surface area (Å²) < 4.78 is 59.5. The van der Waals surface area contributed by atoms with E-state index in [1.54, 1.807) is 0 Å². The van der Waals surface area contributed by atoms with E-state index in [2.05, 4.69) is 0 Å². The molecule has 33 heavy (non-hydrogen) atoms. The number of aromatic nitrogens is 2. The van der Waals surface area contributed by atoms with Crippen LogP contribution < -0.4 is 11.2 Å². The highest BCUT2D eigenvalue weighted by Crippen LogP contribution is 2.44. The van der Waals surface area contributed by atoms with Gasteiger partial charge in [0.15, 0.2) is 25.0 Å². The van der Waals surface area contributed by atoms with Crippen molar-refractivity contribution in [2.45, 2.75) is 81.6 Å². The van der Waals surface area contributed by atoms with Crippen LogP contribution >= 0.6 is 0 Å². The first kappa shape index (κ1) is 24.4. The first-order valence-corrected chi connectivity index (χ1v) is 11.4. The van der Waals surface area contributed by atoms with Crippen LogP contribution in [-0.2, 0) is 23.7 Å². The van der Waals surface area contributed by atoms with Crippen molar-refractivity contribution in [1.29, 1.82) is 0 Å². The lowest BCUT2D eigenvalue weighted by Gasteiger charge is -2.37. The van der Waals surface area contributed by atoms with E-state index in [0.29, 0.717) is 36.8 Å². The molecule has 0 saturated carbocycles. The Balaban J connectivity index is 1.64. The molecule has 10 nitrogen and oxygen atoms in total. The molecule has 0 bridgehead atoms. The summed E-state index contributed by atoms with van der Waals surface area (Å²) in [6, 6.07) is 0. The van der Waals surface area contributed by atoms with E-state index in [4.69, 9.17) is 23.7 Å². The molecule has 2 unspecified atom stereocenters. The van der Waals surface area contributed by atoms with Gasteiger partial charge in [0.2, 0.25) is 5.82 Å². The number of H-pyrrole nitrogens is 1. The van der Waals surface area contributed by atoms with E-state index < -0.39 is 53.8 Å². The summed E-state index contributed by atoms with van der Waals surface area (Å²) in [5, 5.41) is 9.78. The van der Waals surface area contributed by atoms with Gasteiger partial charge in [-0.2, -0.15) is 4.39 Å². The molecule has 0 spiro atoms. The van der Waals surface area contributed by atoms with Crippen molar-refractivity contribution >= 4 is 0 Å². The van der Waals surface area contributed by atoms with Crippen molar-refractivity contribution in [3.63, 3.8) is 0 Å². The van der Waals surface area contributed by atoms with Gasteiger partial charge >= 0.3 is 5.69 Å². The largest absolute Gasteiger partial charge is 0.396 e. The molecule has 3 saturated heterocycles. The molecule has 0 amide bonds. The van der Waals surface area contributed by atoms with Gasteiger partial charge in [0.1, 0.15) is 11.7 Å². The van der Waals surface area contributed by atoms with Crippen LogP contribution in [0.4, 0.5) is 8.78 Å². The van der Waals surface area contributed by atoms with Crippen molar-refractivity contribution in [3.8, 4) is 0 Å². The SMILES string of the molecule is O=c1[nH]c(=O)n([C@@H]2O[C@](CCO)(COC3CCCCO3)[C@@H](OC3CCCCO3)[C@@H]2F)cc1F. The van der Waals surface area contributed by atoms with Crippen molar-refractivity contribution in [2.24, 2.45) is 0 Å². The zero-order valence-corrected chi connectivity index (χ0v) is 18.3. The molecule has 2 N–H and O–H groups in total. The lowest BCUT2D eigenvalue weighted by atomic mass is 9.92. The number of aliphatic hydroxyl groups is 1. The smallest absolute Gasteiger partial charge is 0.330 e. The second-order valence-corrected chi connectivity index (χ2v) is 8.59. The molecule has 186 valence electrons. The molecule has 6 atom stereocenters. The number of rotatable bonds is 8. The van der Waals surface area contributed by atoms with Crippen LogP contribution in [0.25, 0.3) is 0 Å². The number of aliphatic hydroxyl groups excluding tert-OH is 1. The summed E-state index contributed by atoms with van der Waals surface area (Å²) in [5.41, 5.74) is -3.75. The molecule has 12 heteroatoms. The van der Waals surface area contributed by atoms with Gasteiger partial charge in [0, 0.05) is 26.2 Å². The lowest BCUT2D eigenvalue weighted by molar-refractivity contribution is -0.251. The lowest BCUT2D eigenvalue weighted by Crippen LogP contribution is -2.51. The van der Waals surface area contributed by atoms with E-state index >= 15 is 4.39 Å². The van der Waals surface area contributed by atoms with Crippen molar-refractivity contribution in [3.05, 3.63) is 32.9 Å². The van der Waals surface area contributed by atoms with Crippen LogP contribution in [0.2, 0.25) is 0 Å². The molecule has 3 aliphatic rings. The van der Waals surface area contributed by atoms with E-state index in [9.17, 15) is 19.1 Å². The Labute approximate surface area is 188 Å². The minimum atomic E-state index is -1.94. The van der Waals surface area contributed by atoms with Crippen molar-refractivity contribution in [1.82, 2.24) is 9.55 Å². The maximum Gasteiger partial charge on any atom is 0.330 e. The monoisotopic (exact) mass is 476 g/mol. The molecular weight excluding hydrogens is 446 g/mol. The standard InChI is InChI=1S/C21H30F2N2O8/c22-13-11-25(20(28)24-18(13)27)19-16(23)17(32-15-6-2-4-10-30-15)21(33-19,7-8-26)12-31-14-5-1-3-9-29-14/h11,14-17,19,26H,1-10,12H2,(H,24,27,28)/t14?,15?,16-,17-,19+,21+/m0/s1. The summed E-state index contributed by atoms with van der Waals surface area (Å²) in [7, 11) is 0. The summed E-state index contributed by atoms with van der Waals surface area (Å²) in [6.45, 7) is 0.430. The summed E-state index contributed by atoms with van der Waals surface area (Å²) >= 11 is 0. The highest BCUT2D eigenvalue weighted by molar-refractivity contribution is 5.04. The zero-order chi connectivity index (χ0) is 23.4. The molecular formula is C21H30F2N2O8. The van der Waals surface area contributed by atoms with Crippen molar-refractivity contribution < 1.29 is 37.6 Å². The van der Waals surface area contributed by atoms with Crippen LogP contribution in [0.5, 0.6) is 0 Å². The van der Waals surface area contributed by atoms with Gasteiger partial charge < -0.3 is 28.8 Å². The number of alkyl halides is 1. The third kappa shape index (κ3) is 5.36. The minimum absolute atomic E-state index is 0.0748. The number of ether oxygens (including phenoxy) is 5. The number of hydrogen-bond donors (Lipinski definition) is 2. The normalized spacial score (nSPS) is 35.1. The molecule has 1 aromatic rings. The highest BCUT2D eigenvalue weighted by atomic mass is 19.1. The van der Waals surface area contributed by atoms with Crippen LogP contribution in [0.1, 0.15) is 51.2 Å². The van der Waals surface area contributed by atoms with E-state index in [1.165, 1.54) is 0 Å². The molecule has 0 aliphatic carbocycles. The summed E-state index contributed by atoms with van der Waals surface area (Å²) in [5.74, 6) is -1.26. The van der Waals surface area contributed by atoms with Gasteiger partial charge in [-0.25, -0.2) is 9.18 Å². The Bertz CT molecular complexity index is 899. The Kier molecular flexibility index (Phi) is 7.92. The van der Waals surface area contributed by atoms with Crippen LogP contribution in [0.15, 0.2) is 15.8 Å². The third-order valence-corrected chi connectivity index (χ3v) is 6.26. The second-order valence-electron chi connectivity index (χ2n) is 8.59. The predicted molar refractivity (Wildman–Crippen MR) is 109 cm³/mol. The van der Waals surface area contributed by atoms with Gasteiger partial charge in [-0.1, -0.05) is 0 Å². The first-order chi connectivity index (χ1) is 15.9. The number of nitrogens with zero attached hydrogens (tertiary/aromatic N) is 1. The van der Waals surface area contributed by atoms with Crippen LogP contribution in [0.3, 0.4) is 0 Å². The fraction of sp³-hybridized carbons (Fsp3) is 0.810. The maximum absolute atomic E-state index is 15.8. The van der Waals surface area contributed by atoms with Gasteiger partial charge in [-0.3, -0.25) is 14.3 Å². The van der Waals surface area contributed by atoms with E-state index in [1.807, 2.05) is 4.98 Å². The van der Waals surface area contributed by atoms with Gasteiger partial charge in [0.25, 0.3) is 5.56 Å². The van der Waals surface area contributed by atoms with E-state index in [-0.39, 0.29) is 19.6 Å². The Morgan fingerprint density at radius 2 is 1.85 bits per heavy atom. The Hall–Kier alpha value is -1.70. The number of aromatic amines is 1. The average molecular weight is 476 g/mol. The van der Waals surface area contributed by atoms with E-state index in [0.717, 1.165) is 25.7 Å². The fourth-order valence-electron chi connectivity index (χ4n) is 4.51. The fourth-order valence-corrected chi connectivity index (χ4v) is 4.51. The maximum atomic E-state index is 15.8. The predicted octanol–water partition coefficient (Wildman–Crippen LogP) is 1.12. The summed E-state index contributed by atoms with van der Waals surface area (Å²) in [6.07, 6.45) is -0.811. The molecule has 3 aliphatic heterocycles. The Morgan fingerprint density at radius 3 is 2.48 bits per heavy atom. The molecule has 0 radical (unpaired) electrons. The number of nitrogens with one attached hydrogen (secondary N) is 1. The third-order valence-electron chi connectivity index (χ3n) is 6.26. The topological polar surface area (TPSA) is 121 Å². The minimum Gasteiger partial charge on any atom is -0.396 e. The first-order valence-electron chi connectivity index (χ1n) is 11.4. The molecule has 1 aromatic heterocycles. The highest BCUT2D eigenvalue weighted by Gasteiger charge is 2.58. The molecule has 3 fully saturated rings. The quantitative estimate of drug-likeness (QED) is 0.573. The van der Waals surface area contributed by atoms with Crippen LogP contribution in [-0.4, -0.2) is 71.5 Å². The second kappa shape index (κ2) is 10.7. The van der Waals surface area contributed by atoms with Gasteiger partial charge in [-0.15, -0.1) is 0 Å². The van der Waals surface area contributed by atoms with Crippen LogP contribution in [0, 0.1) is 5.82 Å². The molecule has 0 aromatic carbocycles. The van der Waals surface area contributed by atoms with Gasteiger partial charge in [-0.05, 0) is 38.5 Å². The number of hydrogen-bond acceptors (Lipinski definition) is 8. The Morgan fingerprint density at radius 1 is 1.15 bits per heavy atom. The molecule has 4 rings (SSSR count). The average Bonchev–Trinajstić information content (AvgIpc) is 3.08.